The van der Waals surface area contributed by atoms with Gasteiger partial charge < -0.3 is 29.0 Å². The maximum atomic E-state index is 11.1. The Kier molecular flexibility index (Phi) is 4.40. The monoisotopic (exact) mass is 365 g/mol. The molecule has 0 amide bonds. The molecule has 130 valence electrons. The Balaban J connectivity index is 0.00000196. The molecule has 5 nitrogen and oxygen atoms in total. The van der Waals surface area contributed by atoms with Crippen molar-refractivity contribution in [1.82, 2.24) is 0 Å². The fourth-order valence-electron chi connectivity index (χ4n) is 3.11. The molecule has 0 radical (unpaired) electrons. The lowest BCUT2D eigenvalue weighted by Gasteiger charge is -2.07. The Morgan fingerprint density at radius 2 is 1.42 bits per heavy atom. The van der Waals surface area contributed by atoms with Crippen LogP contribution in [-0.2, 0) is 0 Å². The van der Waals surface area contributed by atoms with E-state index in [1.165, 1.54) is 0 Å². The number of carboxylic acid groups (broad SMARTS) is 1. The third-order valence-corrected chi connectivity index (χ3v) is 4.33. The van der Waals surface area contributed by atoms with E-state index in [1.54, 1.807) is 24.3 Å². The number of H-pyrrole nitrogens is 1. The van der Waals surface area contributed by atoms with E-state index in [-0.39, 0.29) is 18.0 Å². The lowest BCUT2D eigenvalue weighted by molar-refractivity contribution is -0.329. The number of nitrogens with one attached hydrogen (secondary N) is 1. The zero-order chi connectivity index (χ0) is 17.6. The molecule has 1 heterocycles. The summed E-state index contributed by atoms with van der Waals surface area (Å²) in [7, 11) is 0. The maximum Gasteiger partial charge on any atom is 0.335 e. The fourth-order valence-corrected chi connectivity index (χ4v) is 3.11. The summed E-state index contributed by atoms with van der Waals surface area (Å²) < 4.78 is 0. The van der Waals surface area contributed by atoms with Crippen LogP contribution in [0.5, 0.6) is 0 Å². The highest BCUT2D eigenvalue weighted by Crippen LogP contribution is 2.32. The Labute approximate surface area is 155 Å². The zero-order valence-corrected chi connectivity index (χ0v) is 14.4. The summed E-state index contributed by atoms with van der Waals surface area (Å²) >= 11 is 0. The van der Waals surface area contributed by atoms with Crippen LogP contribution in [0.2, 0.25) is 0 Å². The average molecular weight is 366 g/mol. The number of halogens is 1. The molecule has 0 aliphatic carbocycles. The second-order valence-electron chi connectivity index (χ2n) is 5.99. The summed E-state index contributed by atoms with van der Waals surface area (Å²) in [6.07, 6.45) is 0. The van der Waals surface area contributed by atoms with Crippen molar-refractivity contribution in [1.29, 1.82) is 0 Å². The van der Waals surface area contributed by atoms with Crippen molar-refractivity contribution in [3.63, 3.8) is 0 Å². The number of aromatic nitrogens is 1. The third-order valence-electron chi connectivity index (χ3n) is 4.33. The quantitative estimate of drug-likeness (QED) is 0.352. The lowest BCUT2D eigenvalue weighted by Crippen LogP contribution is -3.00. The number of nitrogens with two attached hydrogens (primary N) is 2. The number of pyridine rings is 1. The predicted molar refractivity (Wildman–Crippen MR) is 99.2 cm³/mol. The summed E-state index contributed by atoms with van der Waals surface area (Å²) in [5.74, 6) is -0.948. The van der Waals surface area contributed by atoms with E-state index in [9.17, 15) is 4.79 Å². The SMILES string of the molecule is Nc1ccc2c(c1)[nH+]c(-c1ccc(C(=O)O)cc1)c1cc(N)ccc12.[Cl-]. The highest BCUT2D eigenvalue weighted by Gasteiger charge is 2.17. The van der Waals surface area contributed by atoms with Crippen LogP contribution in [0.3, 0.4) is 0 Å². The topological polar surface area (TPSA) is 103 Å². The van der Waals surface area contributed by atoms with Crippen LogP contribution < -0.4 is 28.9 Å². The molecule has 4 aromatic rings. The minimum atomic E-state index is -0.948. The second kappa shape index (κ2) is 6.54. The van der Waals surface area contributed by atoms with Gasteiger partial charge in [0.05, 0.1) is 16.3 Å². The number of nitrogen functional groups attached to an aromatic ring is 2. The van der Waals surface area contributed by atoms with E-state index < -0.39 is 5.97 Å². The van der Waals surface area contributed by atoms with Crippen molar-refractivity contribution in [2.24, 2.45) is 0 Å². The highest BCUT2D eigenvalue weighted by molar-refractivity contribution is 6.10. The number of benzene rings is 3. The number of aromatic carboxylic acids is 1. The lowest BCUT2D eigenvalue weighted by atomic mass is 9.98. The number of carboxylic acids is 1. The van der Waals surface area contributed by atoms with E-state index in [2.05, 4.69) is 4.98 Å². The van der Waals surface area contributed by atoms with Crippen LogP contribution in [0.1, 0.15) is 10.4 Å². The van der Waals surface area contributed by atoms with Crippen molar-refractivity contribution in [2.45, 2.75) is 0 Å². The number of hydrogen-bond donors (Lipinski definition) is 3. The molecule has 0 saturated carbocycles. The predicted octanol–water partition coefficient (Wildman–Crippen LogP) is 0.341. The molecule has 4 rings (SSSR count). The van der Waals surface area contributed by atoms with Crippen molar-refractivity contribution in [3.8, 4) is 11.3 Å². The minimum absolute atomic E-state index is 0. The molecule has 3 aromatic carbocycles. The van der Waals surface area contributed by atoms with E-state index >= 15 is 0 Å². The molecule has 6 heteroatoms. The van der Waals surface area contributed by atoms with Gasteiger partial charge in [0.2, 0.25) is 11.2 Å². The molecule has 1 aromatic heterocycles. The van der Waals surface area contributed by atoms with Gasteiger partial charge in [-0.3, -0.25) is 0 Å². The molecule has 0 saturated heterocycles. The van der Waals surface area contributed by atoms with E-state index in [4.69, 9.17) is 16.6 Å². The molecule has 0 spiro atoms. The number of carbonyl (C=O) groups is 1. The fraction of sp³-hybridized carbons (Fsp3) is 0. The van der Waals surface area contributed by atoms with E-state index in [1.807, 2.05) is 36.4 Å². The smallest absolute Gasteiger partial charge is 0.335 e. The van der Waals surface area contributed by atoms with Gasteiger partial charge in [-0.25, -0.2) is 9.78 Å². The van der Waals surface area contributed by atoms with Crippen LogP contribution in [0, 0.1) is 0 Å². The first-order valence-electron chi connectivity index (χ1n) is 7.80. The molecule has 0 unspecified atom stereocenters. The Hall–Kier alpha value is -3.31. The number of fused-ring (bicyclic) bond motifs is 3. The van der Waals surface area contributed by atoms with Crippen LogP contribution in [0.15, 0.2) is 60.7 Å². The number of aromatic amines is 1. The van der Waals surface area contributed by atoms with Crippen LogP contribution >= 0.6 is 0 Å². The summed E-state index contributed by atoms with van der Waals surface area (Å²) in [6.45, 7) is 0. The maximum absolute atomic E-state index is 11.1. The van der Waals surface area contributed by atoms with Gasteiger partial charge in [0, 0.05) is 28.4 Å². The summed E-state index contributed by atoms with van der Waals surface area (Å²) in [5.41, 5.74) is 16.2. The van der Waals surface area contributed by atoms with Crippen LogP contribution in [0.25, 0.3) is 32.9 Å². The van der Waals surface area contributed by atoms with E-state index in [0.717, 1.165) is 32.9 Å². The van der Waals surface area contributed by atoms with Crippen molar-refractivity contribution in [3.05, 3.63) is 66.2 Å². The second-order valence-corrected chi connectivity index (χ2v) is 5.99. The molecule has 0 bridgehead atoms. The summed E-state index contributed by atoms with van der Waals surface area (Å²) in [6, 6.07) is 18.3. The molecule has 26 heavy (non-hydrogen) atoms. The minimum Gasteiger partial charge on any atom is -1.00 e. The molecule has 0 aliphatic rings. The Morgan fingerprint density at radius 1 is 0.808 bits per heavy atom. The van der Waals surface area contributed by atoms with Gasteiger partial charge in [-0.05, 0) is 48.5 Å². The van der Waals surface area contributed by atoms with Gasteiger partial charge in [0.1, 0.15) is 0 Å². The molecule has 6 N–H and O–H groups in total. The normalized spacial score (nSPS) is 10.6. The molecule has 0 atom stereocenters. The molecular weight excluding hydrogens is 350 g/mol. The van der Waals surface area contributed by atoms with Crippen molar-refractivity contribution < 1.29 is 27.3 Å². The third kappa shape index (κ3) is 2.89. The zero-order valence-electron chi connectivity index (χ0n) is 13.7. The molecule has 0 fully saturated rings. The first kappa shape index (κ1) is 17.5. The van der Waals surface area contributed by atoms with Crippen molar-refractivity contribution >= 4 is 39.0 Å². The Morgan fingerprint density at radius 3 is 2.08 bits per heavy atom. The number of hydrogen-bond acceptors (Lipinski definition) is 3. The van der Waals surface area contributed by atoms with E-state index in [0.29, 0.717) is 11.4 Å². The van der Waals surface area contributed by atoms with Gasteiger partial charge in [0.15, 0.2) is 0 Å². The highest BCUT2D eigenvalue weighted by atomic mass is 35.5. The largest absolute Gasteiger partial charge is 1.00 e. The van der Waals surface area contributed by atoms with Crippen LogP contribution in [-0.4, -0.2) is 11.1 Å². The first-order chi connectivity index (χ1) is 12.0. The summed E-state index contributed by atoms with van der Waals surface area (Å²) in [4.78, 5) is 14.5. The average Bonchev–Trinajstić information content (AvgIpc) is 2.60. The van der Waals surface area contributed by atoms with Crippen LogP contribution in [0.4, 0.5) is 11.4 Å². The molecular formula is C20H16ClN3O2. The standard InChI is InChI=1S/C20H15N3O2.ClH/c21-13-5-7-15-16-8-6-14(22)10-18(16)23-19(17(15)9-13)11-1-3-12(4-2-11)20(24)25;/h1-10H,21-22H2,(H,24,25);1H. The molecule has 0 aliphatic heterocycles. The van der Waals surface area contributed by atoms with Crippen molar-refractivity contribution in [2.75, 3.05) is 11.5 Å². The Bertz CT molecular complexity index is 1140. The number of rotatable bonds is 2. The van der Waals surface area contributed by atoms with Gasteiger partial charge in [-0.2, -0.15) is 0 Å². The van der Waals surface area contributed by atoms with Gasteiger partial charge in [0.25, 0.3) is 0 Å². The summed E-state index contributed by atoms with van der Waals surface area (Å²) in [5, 5.41) is 12.2. The van der Waals surface area contributed by atoms with Gasteiger partial charge in [-0.15, -0.1) is 0 Å². The number of anilines is 2. The van der Waals surface area contributed by atoms with Gasteiger partial charge in [-0.1, -0.05) is 6.07 Å². The van der Waals surface area contributed by atoms with Gasteiger partial charge >= 0.3 is 5.97 Å². The first-order valence-corrected chi connectivity index (χ1v) is 7.80.